The number of benzene rings is 8. The number of para-hydroxylation sites is 1. The Labute approximate surface area is 280 Å². The summed E-state index contributed by atoms with van der Waals surface area (Å²) < 4.78 is 6.70. The Balaban J connectivity index is 1.39. The summed E-state index contributed by atoms with van der Waals surface area (Å²) in [6.45, 7) is 6.81. The molecule has 8 aromatic carbocycles. The van der Waals surface area contributed by atoms with Crippen molar-refractivity contribution in [3.63, 3.8) is 0 Å². The predicted octanol–water partition coefficient (Wildman–Crippen LogP) is 13.5. The van der Waals surface area contributed by atoms with Crippen LogP contribution in [0.4, 0.5) is 17.1 Å². The molecule has 0 radical (unpaired) electrons. The second-order valence-electron chi connectivity index (χ2n) is 13.8. The Morgan fingerprint density at radius 1 is 0.438 bits per heavy atom. The molecule has 0 aliphatic carbocycles. The second kappa shape index (κ2) is 10.9. The smallest absolute Gasteiger partial charge is 0.139 e. The van der Waals surface area contributed by atoms with E-state index in [1.807, 2.05) is 0 Å². The average molecular weight is 618 g/mol. The SMILES string of the molecule is CC(C)(C)c1c(-c2cccc(N(c3cc4ccccc4c4ccccc34)c3cc4ccccc4c4ccccc34)c2)oc2ccccc12. The summed E-state index contributed by atoms with van der Waals surface area (Å²) in [6, 6.07) is 57.1. The molecule has 2 nitrogen and oxygen atoms in total. The Morgan fingerprint density at radius 3 is 1.48 bits per heavy atom. The molecule has 0 bridgehead atoms. The van der Waals surface area contributed by atoms with E-state index in [-0.39, 0.29) is 5.41 Å². The minimum absolute atomic E-state index is 0.110. The number of hydrogen-bond acceptors (Lipinski definition) is 2. The fraction of sp³-hybridized carbons (Fsp3) is 0.0870. The molecule has 1 heterocycles. The third-order valence-electron chi connectivity index (χ3n) is 9.69. The monoisotopic (exact) mass is 617 g/mol. The number of anilines is 3. The molecule has 2 heteroatoms. The highest BCUT2D eigenvalue weighted by Crippen LogP contribution is 2.48. The highest BCUT2D eigenvalue weighted by molar-refractivity contribution is 6.18. The molecule has 1 aromatic heterocycles. The van der Waals surface area contributed by atoms with Crippen LogP contribution in [0.1, 0.15) is 26.3 Å². The predicted molar refractivity (Wildman–Crippen MR) is 205 cm³/mol. The molecule has 0 atom stereocenters. The van der Waals surface area contributed by atoms with Gasteiger partial charge in [0.15, 0.2) is 0 Å². The van der Waals surface area contributed by atoms with Crippen molar-refractivity contribution in [1.82, 2.24) is 0 Å². The Hall–Kier alpha value is -5.86. The van der Waals surface area contributed by atoms with Gasteiger partial charge < -0.3 is 9.32 Å². The first kappa shape index (κ1) is 28.4. The van der Waals surface area contributed by atoms with Crippen molar-refractivity contribution >= 4 is 71.1 Å². The number of hydrogen-bond donors (Lipinski definition) is 0. The third kappa shape index (κ3) is 4.48. The zero-order valence-corrected chi connectivity index (χ0v) is 27.4. The molecule has 0 unspecified atom stereocenters. The van der Waals surface area contributed by atoms with Crippen LogP contribution in [0.3, 0.4) is 0 Å². The van der Waals surface area contributed by atoms with Gasteiger partial charge in [-0.2, -0.15) is 0 Å². The number of fused-ring (bicyclic) bond motifs is 7. The highest BCUT2D eigenvalue weighted by atomic mass is 16.3. The van der Waals surface area contributed by atoms with Gasteiger partial charge in [-0.15, -0.1) is 0 Å². The lowest BCUT2D eigenvalue weighted by atomic mass is 9.83. The van der Waals surface area contributed by atoms with Gasteiger partial charge in [0.2, 0.25) is 0 Å². The lowest BCUT2D eigenvalue weighted by Crippen LogP contribution is -2.13. The van der Waals surface area contributed by atoms with Crippen molar-refractivity contribution in [3.8, 4) is 11.3 Å². The van der Waals surface area contributed by atoms with Crippen molar-refractivity contribution < 1.29 is 4.42 Å². The zero-order chi connectivity index (χ0) is 32.4. The van der Waals surface area contributed by atoms with Gasteiger partial charge in [0.05, 0.1) is 11.4 Å². The molecular formula is C46H35NO. The zero-order valence-electron chi connectivity index (χ0n) is 27.4. The van der Waals surface area contributed by atoms with Gasteiger partial charge in [0, 0.05) is 33.0 Å². The quantitative estimate of drug-likeness (QED) is 0.183. The molecule has 9 aromatic rings. The first-order valence-corrected chi connectivity index (χ1v) is 16.7. The lowest BCUT2D eigenvalue weighted by molar-refractivity contribution is 0.568. The largest absolute Gasteiger partial charge is 0.456 e. The molecule has 0 aliphatic heterocycles. The van der Waals surface area contributed by atoms with Gasteiger partial charge in [-0.05, 0) is 68.1 Å². The summed E-state index contributed by atoms with van der Waals surface area (Å²) in [7, 11) is 0. The molecular weight excluding hydrogens is 583 g/mol. The third-order valence-corrected chi connectivity index (χ3v) is 9.69. The van der Waals surface area contributed by atoms with Crippen LogP contribution in [0.5, 0.6) is 0 Å². The van der Waals surface area contributed by atoms with E-state index in [0.717, 1.165) is 34.0 Å². The minimum atomic E-state index is -0.110. The van der Waals surface area contributed by atoms with Gasteiger partial charge in [-0.3, -0.25) is 0 Å². The van der Waals surface area contributed by atoms with E-state index in [4.69, 9.17) is 4.42 Å². The van der Waals surface area contributed by atoms with Gasteiger partial charge in [0.25, 0.3) is 0 Å². The summed E-state index contributed by atoms with van der Waals surface area (Å²) in [5, 5.41) is 11.0. The summed E-state index contributed by atoms with van der Waals surface area (Å²) in [4.78, 5) is 2.46. The Bertz CT molecular complexity index is 2550. The average Bonchev–Trinajstić information content (AvgIpc) is 3.53. The van der Waals surface area contributed by atoms with Crippen LogP contribution < -0.4 is 4.90 Å². The number of furan rings is 1. The van der Waals surface area contributed by atoms with Gasteiger partial charge in [0.1, 0.15) is 11.3 Å². The van der Waals surface area contributed by atoms with Crippen LogP contribution in [-0.2, 0) is 5.41 Å². The van der Waals surface area contributed by atoms with Crippen molar-refractivity contribution in [2.45, 2.75) is 26.2 Å². The Morgan fingerprint density at radius 2 is 0.917 bits per heavy atom. The molecule has 0 saturated carbocycles. The molecule has 0 saturated heterocycles. The molecule has 0 fully saturated rings. The first-order valence-electron chi connectivity index (χ1n) is 16.7. The summed E-state index contributed by atoms with van der Waals surface area (Å²) in [5.74, 6) is 0.928. The minimum Gasteiger partial charge on any atom is -0.456 e. The van der Waals surface area contributed by atoms with Gasteiger partial charge in [-0.25, -0.2) is 0 Å². The van der Waals surface area contributed by atoms with Crippen LogP contribution in [0, 0.1) is 0 Å². The maximum atomic E-state index is 6.70. The van der Waals surface area contributed by atoms with Crippen molar-refractivity contribution in [3.05, 3.63) is 163 Å². The van der Waals surface area contributed by atoms with Gasteiger partial charge in [-0.1, -0.05) is 148 Å². The number of rotatable bonds is 4. The maximum Gasteiger partial charge on any atom is 0.139 e. The van der Waals surface area contributed by atoms with Crippen molar-refractivity contribution in [1.29, 1.82) is 0 Å². The van der Waals surface area contributed by atoms with Crippen molar-refractivity contribution in [2.24, 2.45) is 0 Å². The van der Waals surface area contributed by atoms with Crippen LogP contribution in [0.25, 0.3) is 65.4 Å². The fourth-order valence-electron chi connectivity index (χ4n) is 7.63. The number of nitrogens with zero attached hydrogens (tertiary/aromatic N) is 1. The van der Waals surface area contributed by atoms with Gasteiger partial charge >= 0.3 is 0 Å². The fourth-order valence-corrected chi connectivity index (χ4v) is 7.63. The van der Waals surface area contributed by atoms with Crippen LogP contribution in [0.15, 0.2) is 162 Å². The van der Waals surface area contributed by atoms with E-state index in [2.05, 4.69) is 183 Å². The summed E-state index contributed by atoms with van der Waals surface area (Å²) in [6.07, 6.45) is 0. The van der Waals surface area contributed by atoms with E-state index >= 15 is 0 Å². The van der Waals surface area contributed by atoms with E-state index in [1.54, 1.807) is 0 Å². The summed E-state index contributed by atoms with van der Waals surface area (Å²) >= 11 is 0. The van der Waals surface area contributed by atoms with E-state index < -0.39 is 0 Å². The van der Waals surface area contributed by atoms with Crippen molar-refractivity contribution in [2.75, 3.05) is 4.90 Å². The highest BCUT2D eigenvalue weighted by Gasteiger charge is 2.27. The van der Waals surface area contributed by atoms with E-state index in [0.29, 0.717) is 0 Å². The molecule has 9 rings (SSSR count). The Kier molecular flexibility index (Phi) is 6.42. The topological polar surface area (TPSA) is 16.4 Å². The molecule has 0 N–H and O–H groups in total. The van der Waals surface area contributed by atoms with E-state index in [1.165, 1.54) is 54.0 Å². The molecule has 48 heavy (non-hydrogen) atoms. The normalized spacial score (nSPS) is 12.1. The maximum absolute atomic E-state index is 6.70. The lowest BCUT2D eigenvalue weighted by Gasteiger charge is -2.29. The molecule has 0 spiro atoms. The second-order valence-corrected chi connectivity index (χ2v) is 13.8. The molecule has 0 aliphatic rings. The summed E-state index contributed by atoms with van der Waals surface area (Å²) in [5.41, 5.74) is 6.46. The van der Waals surface area contributed by atoms with E-state index in [9.17, 15) is 0 Å². The van der Waals surface area contributed by atoms with Crippen LogP contribution in [-0.4, -0.2) is 0 Å². The molecule has 230 valence electrons. The molecule has 0 amide bonds. The first-order chi connectivity index (χ1) is 23.5. The van der Waals surface area contributed by atoms with Crippen LogP contribution >= 0.6 is 0 Å². The standard InChI is InChI=1S/C46H35NO/c1-46(2,3)44-40-25-12-13-26-43(40)48-45(44)32-17-14-18-33(27-32)47(41-28-30-15-4-6-19-34(30)36-21-8-10-23-38(36)41)42-29-31-16-5-7-20-35(31)37-22-9-11-24-39(37)42/h4-29H,1-3H3. The van der Waals surface area contributed by atoms with Crippen LogP contribution in [0.2, 0.25) is 0 Å².